The third-order valence-electron chi connectivity index (χ3n) is 6.76. The highest BCUT2D eigenvalue weighted by molar-refractivity contribution is 6.07. The van der Waals surface area contributed by atoms with Crippen LogP contribution < -0.4 is 10.6 Å². The topological polar surface area (TPSA) is 98.8 Å². The molecule has 2 heterocycles. The summed E-state index contributed by atoms with van der Waals surface area (Å²) in [6.07, 6.45) is 3.72. The number of benzene rings is 2. The normalized spacial score (nSPS) is 19.2. The van der Waals surface area contributed by atoms with Crippen molar-refractivity contribution in [3.05, 3.63) is 64.7 Å². The average Bonchev–Trinajstić information content (AvgIpc) is 3.42. The van der Waals surface area contributed by atoms with Gasteiger partial charge in [-0.1, -0.05) is 30.3 Å². The second-order valence-electron chi connectivity index (χ2n) is 9.20. The van der Waals surface area contributed by atoms with Crippen molar-refractivity contribution in [2.24, 2.45) is 0 Å². The van der Waals surface area contributed by atoms with E-state index in [1.807, 2.05) is 19.1 Å². The Morgan fingerprint density at radius 3 is 2.47 bits per heavy atom. The minimum absolute atomic E-state index is 0.0657. The number of nitrogens with one attached hydrogen (secondary N) is 2. The van der Waals surface area contributed by atoms with E-state index in [1.165, 1.54) is 0 Å². The summed E-state index contributed by atoms with van der Waals surface area (Å²) < 4.78 is 0. The van der Waals surface area contributed by atoms with Crippen LogP contribution in [-0.2, 0) is 9.59 Å². The molecule has 2 fully saturated rings. The Kier molecular flexibility index (Phi) is 5.81. The van der Waals surface area contributed by atoms with Crippen LogP contribution in [0.4, 0.5) is 5.69 Å². The van der Waals surface area contributed by atoms with Crippen molar-refractivity contribution < 1.29 is 19.2 Å². The van der Waals surface area contributed by atoms with E-state index in [4.69, 9.17) is 0 Å². The van der Waals surface area contributed by atoms with E-state index in [0.717, 1.165) is 44.3 Å². The lowest BCUT2D eigenvalue weighted by Gasteiger charge is -2.24. The van der Waals surface area contributed by atoms with Crippen LogP contribution in [0.3, 0.4) is 0 Å². The molecule has 2 aromatic carbocycles. The minimum atomic E-state index is -0.727. The molecule has 1 saturated heterocycles. The molecule has 4 amide bonds. The summed E-state index contributed by atoms with van der Waals surface area (Å²) in [7, 11) is 0. The molecule has 8 heteroatoms. The number of likely N-dealkylation sites (tertiary alicyclic amines) is 1. The third kappa shape index (κ3) is 4.04. The standard InChI is InChI=1S/C26H28N4O4/c1-16-7-6-10-20(22(16)26(34)29-13-4-5-14-29)28-21(31)15-27-24(32)23-18-8-2-3-9-19(18)25(33)30(23)17-11-12-17/h2-3,6-10,17,23H,4-5,11-15H2,1H3,(H,27,32)(H,28,31). The number of aryl methyl sites for hydroxylation is 1. The molecule has 1 atom stereocenters. The van der Waals surface area contributed by atoms with E-state index in [9.17, 15) is 19.2 Å². The summed E-state index contributed by atoms with van der Waals surface area (Å²) in [4.78, 5) is 55.2. The molecule has 0 radical (unpaired) electrons. The lowest BCUT2D eigenvalue weighted by molar-refractivity contribution is -0.127. The van der Waals surface area contributed by atoms with Crippen molar-refractivity contribution in [1.82, 2.24) is 15.1 Å². The van der Waals surface area contributed by atoms with Gasteiger partial charge in [-0.25, -0.2) is 0 Å². The van der Waals surface area contributed by atoms with Gasteiger partial charge in [-0.15, -0.1) is 0 Å². The van der Waals surface area contributed by atoms with Gasteiger partial charge in [0.25, 0.3) is 11.8 Å². The van der Waals surface area contributed by atoms with Crippen LogP contribution in [0.1, 0.15) is 63.6 Å². The lowest BCUT2D eigenvalue weighted by atomic mass is 10.0. The molecule has 34 heavy (non-hydrogen) atoms. The SMILES string of the molecule is Cc1cccc(NC(=O)CNC(=O)C2c3ccccc3C(=O)N2C2CC2)c1C(=O)N1CCCC1. The number of anilines is 1. The van der Waals surface area contributed by atoms with Crippen molar-refractivity contribution in [2.75, 3.05) is 25.0 Å². The predicted octanol–water partition coefficient (Wildman–Crippen LogP) is 2.65. The molecule has 2 N–H and O–H groups in total. The summed E-state index contributed by atoms with van der Waals surface area (Å²) in [6.45, 7) is 3.03. The first-order valence-corrected chi connectivity index (χ1v) is 11.8. The third-order valence-corrected chi connectivity index (χ3v) is 6.76. The molecule has 1 unspecified atom stereocenters. The van der Waals surface area contributed by atoms with Crippen LogP contribution >= 0.6 is 0 Å². The zero-order chi connectivity index (χ0) is 23.8. The fourth-order valence-corrected chi connectivity index (χ4v) is 4.93. The van der Waals surface area contributed by atoms with Gasteiger partial charge in [0.15, 0.2) is 0 Å². The Bertz CT molecular complexity index is 1170. The van der Waals surface area contributed by atoms with Crippen molar-refractivity contribution in [3.8, 4) is 0 Å². The van der Waals surface area contributed by atoms with Gasteiger partial charge < -0.3 is 20.4 Å². The van der Waals surface area contributed by atoms with Crippen molar-refractivity contribution in [3.63, 3.8) is 0 Å². The summed E-state index contributed by atoms with van der Waals surface area (Å²) >= 11 is 0. The molecule has 0 spiro atoms. The van der Waals surface area contributed by atoms with Gasteiger partial charge in [0.1, 0.15) is 6.04 Å². The summed E-state index contributed by atoms with van der Waals surface area (Å²) in [5.41, 5.74) is 2.94. The fourth-order valence-electron chi connectivity index (χ4n) is 4.93. The second kappa shape index (κ2) is 8.93. The number of hydrogen-bond acceptors (Lipinski definition) is 4. The molecule has 2 aliphatic heterocycles. The maximum atomic E-state index is 13.1. The molecule has 8 nitrogen and oxygen atoms in total. The Hall–Kier alpha value is -3.68. The van der Waals surface area contributed by atoms with E-state index in [1.54, 1.807) is 40.1 Å². The van der Waals surface area contributed by atoms with Gasteiger partial charge in [-0.3, -0.25) is 19.2 Å². The minimum Gasteiger partial charge on any atom is -0.345 e. The lowest BCUT2D eigenvalue weighted by Crippen LogP contribution is -2.42. The molecule has 1 saturated carbocycles. The van der Waals surface area contributed by atoms with E-state index >= 15 is 0 Å². The summed E-state index contributed by atoms with van der Waals surface area (Å²) in [6, 6.07) is 11.8. The maximum absolute atomic E-state index is 13.1. The Balaban J connectivity index is 1.27. The fraction of sp³-hybridized carbons (Fsp3) is 0.385. The first-order valence-electron chi connectivity index (χ1n) is 11.8. The van der Waals surface area contributed by atoms with E-state index in [0.29, 0.717) is 22.4 Å². The highest BCUT2D eigenvalue weighted by Crippen LogP contribution is 2.41. The van der Waals surface area contributed by atoms with Crippen molar-refractivity contribution in [2.45, 2.75) is 44.7 Å². The molecule has 0 aromatic heterocycles. The smallest absolute Gasteiger partial charge is 0.256 e. The number of fused-ring (bicyclic) bond motifs is 1. The monoisotopic (exact) mass is 460 g/mol. The van der Waals surface area contributed by atoms with E-state index in [-0.39, 0.29) is 30.3 Å². The molecule has 5 rings (SSSR count). The van der Waals surface area contributed by atoms with Crippen molar-refractivity contribution >= 4 is 29.3 Å². The molecular formula is C26H28N4O4. The predicted molar refractivity (Wildman–Crippen MR) is 126 cm³/mol. The molecule has 0 bridgehead atoms. The Morgan fingerprint density at radius 1 is 1.00 bits per heavy atom. The van der Waals surface area contributed by atoms with Gasteiger partial charge in [-0.2, -0.15) is 0 Å². The molecule has 3 aliphatic rings. The second-order valence-corrected chi connectivity index (χ2v) is 9.20. The molecular weight excluding hydrogens is 432 g/mol. The highest BCUT2D eigenvalue weighted by atomic mass is 16.2. The number of rotatable bonds is 6. The zero-order valence-electron chi connectivity index (χ0n) is 19.2. The highest BCUT2D eigenvalue weighted by Gasteiger charge is 2.47. The van der Waals surface area contributed by atoms with Gasteiger partial charge in [0.2, 0.25) is 11.8 Å². The first-order chi connectivity index (χ1) is 16.5. The van der Waals surface area contributed by atoms with E-state index in [2.05, 4.69) is 10.6 Å². The average molecular weight is 461 g/mol. The van der Waals surface area contributed by atoms with Crippen molar-refractivity contribution in [1.29, 1.82) is 0 Å². The Labute approximate surface area is 198 Å². The summed E-state index contributed by atoms with van der Waals surface area (Å²) in [5.74, 6) is -1.02. The van der Waals surface area contributed by atoms with Crippen LogP contribution in [0, 0.1) is 6.92 Å². The van der Waals surface area contributed by atoms with Crippen LogP contribution in [0.25, 0.3) is 0 Å². The molecule has 176 valence electrons. The quantitative estimate of drug-likeness (QED) is 0.692. The van der Waals surface area contributed by atoms with Crippen LogP contribution in [0.2, 0.25) is 0 Å². The largest absolute Gasteiger partial charge is 0.345 e. The maximum Gasteiger partial charge on any atom is 0.256 e. The van der Waals surface area contributed by atoms with Gasteiger partial charge in [-0.05, 0) is 55.9 Å². The van der Waals surface area contributed by atoms with Crippen LogP contribution in [0.5, 0.6) is 0 Å². The molecule has 1 aliphatic carbocycles. The Morgan fingerprint density at radius 2 is 1.74 bits per heavy atom. The summed E-state index contributed by atoms with van der Waals surface area (Å²) in [5, 5.41) is 5.49. The van der Waals surface area contributed by atoms with Crippen LogP contribution in [-0.4, -0.2) is 59.1 Å². The number of amides is 4. The first kappa shape index (κ1) is 22.1. The van der Waals surface area contributed by atoms with E-state index < -0.39 is 11.9 Å². The van der Waals surface area contributed by atoms with Gasteiger partial charge in [0.05, 0.1) is 17.8 Å². The zero-order valence-corrected chi connectivity index (χ0v) is 19.2. The number of hydrogen-bond donors (Lipinski definition) is 2. The molecule has 2 aromatic rings. The number of carbonyl (C=O) groups is 4. The van der Waals surface area contributed by atoms with Gasteiger partial charge in [0, 0.05) is 24.7 Å². The van der Waals surface area contributed by atoms with Gasteiger partial charge >= 0.3 is 0 Å². The van der Waals surface area contributed by atoms with Crippen LogP contribution in [0.15, 0.2) is 42.5 Å². The number of nitrogens with zero attached hydrogens (tertiary/aromatic N) is 2. The number of carbonyl (C=O) groups excluding carboxylic acids is 4.